The van der Waals surface area contributed by atoms with Gasteiger partial charge in [0.1, 0.15) is 11.2 Å². The summed E-state index contributed by atoms with van der Waals surface area (Å²) >= 11 is 0. The van der Waals surface area contributed by atoms with Gasteiger partial charge in [0.15, 0.2) is 0 Å². The maximum absolute atomic E-state index is 6.32. The highest BCUT2D eigenvalue weighted by Crippen LogP contribution is 2.38. The van der Waals surface area contributed by atoms with Gasteiger partial charge in [0.25, 0.3) is 0 Å². The normalized spacial score (nSPS) is 11.5. The van der Waals surface area contributed by atoms with Gasteiger partial charge in [-0.25, -0.2) is 0 Å². The Morgan fingerprint density at radius 2 is 1.17 bits per heavy atom. The van der Waals surface area contributed by atoms with Crippen LogP contribution in [0.15, 0.2) is 83.3 Å². The molecule has 0 aliphatic heterocycles. The van der Waals surface area contributed by atoms with Crippen molar-refractivity contribution in [2.75, 3.05) is 0 Å². The minimum atomic E-state index is 0.971. The number of fused-ring (bicyclic) bond motifs is 4. The lowest BCUT2D eigenvalue weighted by molar-refractivity contribution is 0.667. The first-order valence-corrected chi connectivity index (χ1v) is 8.22. The number of hydrogen-bond acceptors (Lipinski definition) is 1. The maximum Gasteiger partial charge on any atom is 0.143 e. The van der Waals surface area contributed by atoms with Crippen molar-refractivity contribution in [1.29, 1.82) is 0 Å². The van der Waals surface area contributed by atoms with Crippen LogP contribution in [-0.4, -0.2) is 0 Å². The number of hydrogen-bond donors (Lipinski definition) is 0. The summed E-state index contributed by atoms with van der Waals surface area (Å²) < 4.78 is 6.32. The molecule has 0 fully saturated rings. The van der Waals surface area contributed by atoms with Crippen LogP contribution in [0.3, 0.4) is 0 Å². The van der Waals surface area contributed by atoms with Gasteiger partial charge in [-0.2, -0.15) is 0 Å². The highest BCUT2D eigenvalue weighted by atomic mass is 16.3. The van der Waals surface area contributed by atoms with Gasteiger partial charge in [-0.1, -0.05) is 78.9 Å². The SMILES string of the molecule is Cc1cccc2c1oc1c(-c3cccc4ccccc34)cccc12. The second kappa shape index (κ2) is 4.97. The molecule has 0 amide bonds. The molecule has 0 atom stereocenters. The number of rotatable bonds is 1. The summed E-state index contributed by atoms with van der Waals surface area (Å²) in [6, 6.07) is 27.7. The second-order valence-corrected chi connectivity index (χ2v) is 6.26. The van der Waals surface area contributed by atoms with E-state index in [1.807, 2.05) is 0 Å². The molecule has 1 heterocycles. The molecule has 5 aromatic rings. The van der Waals surface area contributed by atoms with Crippen LogP contribution >= 0.6 is 0 Å². The van der Waals surface area contributed by atoms with E-state index >= 15 is 0 Å². The molecule has 5 rings (SSSR count). The molecular weight excluding hydrogens is 292 g/mol. The van der Waals surface area contributed by atoms with Crippen molar-refractivity contribution in [2.45, 2.75) is 6.92 Å². The molecule has 0 N–H and O–H groups in total. The maximum atomic E-state index is 6.32. The van der Waals surface area contributed by atoms with Crippen molar-refractivity contribution in [3.63, 3.8) is 0 Å². The van der Waals surface area contributed by atoms with Crippen molar-refractivity contribution >= 4 is 32.7 Å². The van der Waals surface area contributed by atoms with Crippen LogP contribution in [0.5, 0.6) is 0 Å². The smallest absolute Gasteiger partial charge is 0.143 e. The predicted molar refractivity (Wildman–Crippen MR) is 101 cm³/mol. The molecule has 4 aromatic carbocycles. The first kappa shape index (κ1) is 13.4. The molecule has 0 bridgehead atoms. The van der Waals surface area contributed by atoms with Crippen LogP contribution in [-0.2, 0) is 0 Å². The predicted octanol–water partition coefficient (Wildman–Crippen LogP) is 6.71. The Kier molecular flexibility index (Phi) is 2.77. The molecule has 1 aromatic heterocycles. The van der Waals surface area contributed by atoms with E-state index in [4.69, 9.17) is 4.42 Å². The van der Waals surface area contributed by atoms with E-state index in [2.05, 4.69) is 85.8 Å². The van der Waals surface area contributed by atoms with E-state index in [1.165, 1.54) is 32.7 Å². The lowest BCUT2D eigenvalue weighted by atomic mass is 9.96. The molecule has 0 spiro atoms. The van der Waals surface area contributed by atoms with Crippen molar-refractivity contribution in [1.82, 2.24) is 0 Å². The summed E-state index contributed by atoms with van der Waals surface area (Å²) in [5.74, 6) is 0. The average Bonchev–Trinajstić information content (AvgIpc) is 3.02. The monoisotopic (exact) mass is 308 g/mol. The molecule has 0 radical (unpaired) electrons. The summed E-state index contributed by atoms with van der Waals surface area (Å²) in [6.45, 7) is 2.10. The van der Waals surface area contributed by atoms with Gasteiger partial charge in [0, 0.05) is 16.3 Å². The first-order chi connectivity index (χ1) is 11.8. The molecule has 114 valence electrons. The van der Waals surface area contributed by atoms with Gasteiger partial charge in [-0.05, 0) is 28.8 Å². The standard InChI is InChI=1S/C23H16O/c1-15-7-4-12-20-21-14-6-13-19(23(21)24-22(15)20)18-11-5-9-16-8-2-3-10-17(16)18/h2-14H,1H3. The lowest BCUT2D eigenvalue weighted by Gasteiger charge is -2.07. The highest BCUT2D eigenvalue weighted by Gasteiger charge is 2.14. The van der Waals surface area contributed by atoms with E-state index in [0.717, 1.165) is 16.7 Å². The van der Waals surface area contributed by atoms with Crippen LogP contribution in [0.2, 0.25) is 0 Å². The highest BCUT2D eigenvalue weighted by molar-refractivity contribution is 6.12. The molecule has 0 saturated heterocycles. The Bertz CT molecular complexity index is 1210. The van der Waals surface area contributed by atoms with Gasteiger partial charge in [0.05, 0.1) is 0 Å². The van der Waals surface area contributed by atoms with E-state index in [-0.39, 0.29) is 0 Å². The third kappa shape index (κ3) is 1.82. The minimum Gasteiger partial charge on any atom is -0.455 e. The lowest BCUT2D eigenvalue weighted by Crippen LogP contribution is -1.82. The van der Waals surface area contributed by atoms with Crippen LogP contribution < -0.4 is 0 Å². The Morgan fingerprint density at radius 1 is 0.542 bits per heavy atom. The van der Waals surface area contributed by atoms with E-state index in [1.54, 1.807) is 0 Å². The Labute approximate surface area is 140 Å². The number of para-hydroxylation sites is 2. The van der Waals surface area contributed by atoms with Crippen LogP contribution in [0, 0.1) is 6.92 Å². The summed E-state index contributed by atoms with van der Waals surface area (Å²) in [5.41, 5.74) is 5.50. The minimum absolute atomic E-state index is 0.971. The summed E-state index contributed by atoms with van der Waals surface area (Å²) in [4.78, 5) is 0. The molecule has 24 heavy (non-hydrogen) atoms. The third-order valence-electron chi connectivity index (χ3n) is 4.80. The number of benzene rings is 4. The van der Waals surface area contributed by atoms with E-state index in [9.17, 15) is 0 Å². The van der Waals surface area contributed by atoms with Crippen molar-refractivity contribution in [3.05, 3.63) is 84.4 Å². The van der Waals surface area contributed by atoms with Crippen molar-refractivity contribution in [3.8, 4) is 11.1 Å². The van der Waals surface area contributed by atoms with Gasteiger partial charge in [-0.3, -0.25) is 0 Å². The van der Waals surface area contributed by atoms with E-state index in [0.29, 0.717) is 0 Å². The second-order valence-electron chi connectivity index (χ2n) is 6.26. The van der Waals surface area contributed by atoms with Gasteiger partial charge in [0.2, 0.25) is 0 Å². The summed E-state index contributed by atoms with van der Waals surface area (Å²) in [7, 11) is 0. The fourth-order valence-electron chi connectivity index (χ4n) is 3.63. The zero-order valence-corrected chi connectivity index (χ0v) is 13.4. The fourth-order valence-corrected chi connectivity index (χ4v) is 3.63. The zero-order chi connectivity index (χ0) is 16.1. The average molecular weight is 308 g/mol. The molecule has 0 aliphatic carbocycles. The quantitative estimate of drug-likeness (QED) is 0.335. The summed E-state index contributed by atoms with van der Waals surface area (Å²) in [6.07, 6.45) is 0. The fraction of sp³-hybridized carbons (Fsp3) is 0.0435. The molecule has 0 aliphatic rings. The Morgan fingerprint density at radius 3 is 2.08 bits per heavy atom. The van der Waals surface area contributed by atoms with Crippen LogP contribution in [0.25, 0.3) is 43.8 Å². The zero-order valence-electron chi connectivity index (χ0n) is 13.4. The van der Waals surface area contributed by atoms with Gasteiger partial charge >= 0.3 is 0 Å². The van der Waals surface area contributed by atoms with Crippen molar-refractivity contribution < 1.29 is 4.42 Å². The van der Waals surface area contributed by atoms with Gasteiger partial charge in [-0.15, -0.1) is 0 Å². The summed E-state index contributed by atoms with van der Waals surface area (Å²) in [5, 5.41) is 4.87. The molecule has 1 heteroatoms. The Hall–Kier alpha value is -3.06. The molecular formula is C23H16O. The molecule has 0 saturated carbocycles. The first-order valence-electron chi connectivity index (χ1n) is 8.22. The van der Waals surface area contributed by atoms with Gasteiger partial charge < -0.3 is 4.42 Å². The number of aryl methyl sites for hydroxylation is 1. The molecule has 1 nitrogen and oxygen atoms in total. The van der Waals surface area contributed by atoms with E-state index < -0.39 is 0 Å². The third-order valence-corrected chi connectivity index (χ3v) is 4.80. The van der Waals surface area contributed by atoms with Crippen LogP contribution in [0.4, 0.5) is 0 Å². The Balaban J connectivity index is 1.93. The van der Waals surface area contributed by atoms with Crippen LogP contribution in [0.1, 0.15) is 5.56 Å². The number of furan rings is 1. The molecule has 0 unspecified atom stereocenters. The van der Waals surface area contributed by atoms with Crippen molar-refractivity contribution in [2.24, 2.45) is 0 Å². The largest absolute Gasteiger partial charge is 0.455 e. The topological polar surface area (TPSA) is 13.1 Å².